The number of fused-ring (bicyclic) bond motifs is 1. The Balaban J connectivity index is 1.85. The first-order chi connectivity index (χ1) is 12.0. The van der Waals surface area contributed by atoms with Crippen LogP contribution in [0, 0.1) is 13.8 Å². The van der Waals surface area contributed by atoms with Crippen molar-refractivity contribution in [1.82, 2.24) is 4.98 Å². The normalized spacial score (nSPS) is 11.2. The molecule has 2 aromatic carbocycles. The van der Waals surface area contributed by atoms with Crippen LogP contribution >= 0.6 is 27.3 Å². The molecule has 5 heteroatoms. The van der Waals surface area contributed by atoms with Crippen molar-refractivity contribution < 1.29 is 4.42 Å². The first kappa shape index (κ1) is 16.2. The minimum atomic E-state index is -0.364. The second kappa shape index (κ2) is 6.24. The predicted octanol–water partition coefficient (Wildman–Crippen LogP) is 5.96. The molecule has 4 rings (SSSR count). The predicted molar refractivity (Wildman–Crippen MR) is 106 cm³/mol. The van der Waals surface area contributed by atoms with E-state index in [2.05, 4.69) is 53.0 Å². The molecule has 3 nitrogen and oxygen atoms in total. The number of nitrogens with zero attached hydrogens (tertiary/aromatic N) is 1. The number of hydrogen-bond acceptors (Lipinski definition) is 4. The van der Waals surface area contributed by atoms with Crippen molar-refractivity contribution in [3.8, 4) is 21.8 Å². The van der Waals surface area contributed by atoms with Crippen LogP contribution < -0.4 is 5.63 Å². The lowest BCUT2D eigenvalue weighted by Crippen LogP contribution is -2.02. The maximum Gasteiger partial charge on any atom is 0.346 e. The van der Waals surface area contributed by atoms with Gasteiger partial charge in [-0.15, -0.1) is 11.3 Å². The van der Waals surface area contributed by atoms with Crippen molar-refractivity contribution in [3.05, 3.63) is 73.9 Å². The number of hydrogen-bond donors (Lipinski definition) is 0. The molecule has 2 heterocycles. The zero-order chi connectivity index (χ0) is 17.6. The maximum atomic E-state index is 12.4. The third-order valence-corrected chi connectivity index (χ3v) is 5.47. The lowest BCUT2D eigenvalue weighted by molar-refractivity contribution is 0.563. The summed E-state index contributed by atoms with van der Waals surface area (Å²) in [4.78, 5) is 17.1. The fraction of sp³-hybridized carbons (Fsp3) is 0.100. The van der Waals surface area contributed by atoms with Crippen molar-refractivity contribution in [2.45, 2.75) is 13.8 Å². The molecule has 0 radical (unpaired) electrons. The van der Waals surface area contributed by atoms with Crippen LogP contribution in [-0.2, 0) is 0 Å². The zero-order valence-electron chi connectivity index (χ0n) is 13.7. The molecule has 4 aromatic rings. The molecule has 0 bridgehead atoms. The van der Waals surface area contributed by atoms with E-state index in [0.717, 1.165) is 26.7 Å². The molecular weight excluding hydrogens is 398 g/mol. The summed E-state index contributed by atoms with van der Waals surface area (Å²) in [7, 11) is 0. The largest absolute Gasteiger partial charge is 0.422 e. The first-order valence-corrected chi connectivity index (χ1v) is 9.45. The smallest absolute Gasteiger partial charge is 0.346 e. The average molecular weight is 412 g/mol. The topological polar surface area (TPSA) is 43.1 Å². The molecule has 0 saturated carbocycles. The number of benzene rings is 2. The summed E-state index contributed by atoms with van der Waals surface area (Å²) >= 11 is 4.90. The van der Waals surface area contributed by atoms with Gasteiger partial charge in [0.05, 0.1) is 11.3 Å². The SMILES string of the molecule is Cc1ccc(C)c(-c2csc(-c3cc4cc(Br)ccc4oc3=O)n2)c1. The van der Waals surface area contributed by atoms with Gasteiger partial charge in [-0.05, 0) is 49.7 Å². The Morgan fingerprint density at radius 3 is 2.72 bits per heavy atom. The summed E-state index contributed by atoms with van der Waals surface area (Å²) in [5.74, 6) is 0. The molecule has 2 aromatic heterocycles. The van der Waals surface area contributed by atoms with E-state index in [-0.39, 0.29) is 5.63 Å². The molecule has 0 unspecified atom stereocenters. The Kier molecular flexibility index (Phi) is 4.06. The fourth-order valence-corrected chi connectivity index (χ4v) is 3.98. The van der Waals surface area contributed by atoms with Crippen LogP contribution in [0.25, 0.3) is 32.8 Å². The fourth-order valence-electron chi connectivity index (χ4n) is 2.78. The van der Waals surface area contributed by atoms with E-state index >= 15 is 0 Å². The number of rotatable bonds is 2. The van der Waals surface area contributed by atoms with E-state index in [9.17, 15) is 4.79 Å². The number of aromatic nitrogens is 1. The highest BCUT2D eigenvalue weighted by Gasteiger charge is 2.14. The third-order valence-electron chi connectivity index (χ3n) is 4.10. The molecule has 0 saturated heterocycles. The Labute approximate surface area is 157 Å². The summed E-state index contributed by atoms with van der Waals surface area (Å²) in [5.41, 5.74) is 5.03. The lowest BCUT2D eigenvalue weighted by Gasteiger charge is -2.04. The van der Waals surface area contributed by atoms with Crippen LogP contribution in [0.4, 0.5) is 0 Å². The van der Waals surface area contributed by atoms with E-state index < -0.39 is 0 Å². The highest BCUT2D eigenvalue weighted by atomic mass is 79.9. The van der Waals surface area contributed by atoms with Crippen LogP contribution in [0.1, 0.15) is 11.1 Å². The standard InChI is InChI=1S/C20H14BrNO2S/c1-11-3-4-12(2)15(7-11)17-10-25-19(22-17)16-9-13-8-14(21)5-6-18(13)24-20(16)23/h3-10H,1-2H3. The molecule has 0 aliphatic rings. The Bertz CT molecular complexity index is 1160. The van der Waals surface area contributed by atoms with Gasteiger partial charge in [0, 0.05) is 20.8 Å². The van der Waals surface area contributed by atoms with Gasteiger partial charge in [-0.2, -0.15) is 0 Å². The van der Waals surface area contributed by atoms with E-state index in [0.29, 0.717) is 16.2 Å². The number of aryl methyl sites for hydroxylation is 2. The molecule has 0 amide bonds. The van der Waals surface area contributed by atoms with Crippen molar-refractivity contribution in [3.63, 3.8) is 0 Å². The van der Waals surface area contributed by atoms with E-state index in [1.807, 2.05) is 23.6 Å². The number of thiazole rings is 1. The molecule has 25 heavy (non-hydrogen) atoms. The van der Waals surface area contributed by atoms with Gasteiger partial charge in [-0.3, -0.25) is 0 Å². The summed E-state index contributed by atoms with van der Waals surface area (Å²) < 4.78 is 6.39. The first-order valence-electron chi connectivity index (χ1n) is 7.78. The molecule has 0 aliphatic carbocycles. The minimum absolute atomic E-state index is 0.364. The highest BCUT2D eigenvalue weighted by Crippen LogP contribution is 2.31. The quantitative estimate of drug-likeness (QED) is 0.382. The Morgan fingerprint density at radius 2 is 1.88 bits per heavy atom. The zero-order valence-corrected chi connectivity index (χ0v) is 16.1. The van der Waals surface area contributed by atoms with Crippen molar-refractivity contribution >= 4 is 38.2 Å². The van der Waals surface area contributed by atoms with Crippen molar-refractivity contribution in [1.29, 1.82) is 0 Å². The summed E-state index contributed by atoms with van der Waals surface area (Å²) in [6.45, 7) is 4.13. The van der Waals surface area contributed by atoms with Crippen molar-refractivity contribution in [2.24, 2.45) is 0 Å². The number of halogens is 1. The van der Waals surface area contributed by atoms with Gasteiger partial charge in [0.15, 0.2) is 0 Å². The van der Waals surface area contributed by atoms with Gasteiger partial charge >= 0.3 is 5.63 Å². The monoisotopic (exact) mass is 411 g/mol. The van der Waals surface area contributed by atoms with Crippen LogP contribution in [0.2, 0.25) is 0 Å². The molecule has 0 atom stereocenters. The van der Waals surface area contributed by atoms with E-state index in [1.165, 1.54) is 16.9 Å². The van der Waals surface area contributed by atoms with Gasteiger partial charge in [-0.25, -0.2) is 9.78 Å². The van der Waals surface area contributed by atoms with Crippen molar-refractivity contribution in [2.75, 3.05) is 0 Å². The van der Waals surface area contributed by atoms with Crippen LogP contribution in [0.3, 0.4) is 0 Å². The molecule has 0 N–H and O–H groups in total. The summed E-state index contributed by atoms with van der Waals surface area (Å²) in [6, 6.07) is 13.7. The average Bonchev–Trinajstić information content (AvgIpc) is 3.06. The van der Waals surface area contributed by atoms with E-state index in [1.54, 1.807) is 6.07 Å². The summed E-state index contributed by atoms with van der Waals surface area (Å²) in [5, 5.41) is 3.53. The molecular formula is C20H14BrNO2S. The highest BCUT2D eigenvalue weighted by molar-refractivity contribution is 9.10. The van der Waals surface area contributed by atoms with Gasteiger partial charge in [0.1, 0.15) is 10.6 Å². The molecule has 0 aliphatic heterocycles. The van der Waals surface area contributed by atoms with Crippen LogP contribution in [0.5, 0.6) is 0 Å². The second-order valence-electron chi connectivity index (χ2n) is 5.99. The van der Waals surface area contributed by atoms with Gasteiger partial charge in [0.2, 0.25) is 0 Å². The van der Waals surface area contributed by atoms with Crippen LogP contribution in [0.15, 0.2) is 61.5 Å². The Hall–Kier alpha value is -2.24. The maximum absolute atomic E-state index is 12.4. The molecule has 0 fully saturated rings. The minimum Gasteiger partial charge on any atom is -0.422 e. The van der Waals surface area contributed by atoms with Gasteiger partial charge in [-0.1, -0.05) is 33.6 Å². The summed E-state index contributed by atoms with van der Waals surface area (Å²) in [6.07, 6.45) is 0. The van der Waals surface area contributed by atoms with Gasteiger partial charge in [0.25, 0.3) is 0 Å². The van der Waals surface area contributed by atoms with Crippen LogP contribution in [-0.4, -0.2) is 4.98 Å². The Morgan fingerprint density at radius 1 is 1.04 bits per heavy atom. The molecule has 0 spiro atoms. The van der Waals surface area contributed by atoms with E-state index in [4.69, 9.17) is 4.42 Å². The second-order valence-corrected chi connectivity index (χ2v) is 7.76. The third kappa shape index (κ3) is 3.05. The molecule has 124 valence electrons. The lowest BCUT2D eigenvalue weighted by atomic mass is 10.0. The van der Waals surface area contributed by atoms with Gasteiger partial charge < -0.3 is 4.42 Å².